The van der Waals surface area contributed by atoms with Crippen molar-refractivity contribution in [2.45, 2.75) is 55.6 Å². The third kappa shape index (κ3) is 3.66. The molecule has 2 unspecified atom stereocenters. The molecule has 100 valence electrons. The lowest BCUT2D eigenvalue weighted by Crippen LogP contribution is -2.25. The summed E-state index contributed by atoms with van der Waals surface area (Å²) in [5.41, 5.74) is 7.37. The van der Waals surface area contributed by atoms with Gasteiger partial charge < -0.3 is 5.73 Å². The Morgan fingerprint density at radius 2 is 1.89 bits per heavy atom. The van der Waals surface area contributed by atoms with E-state index in [-0.39, 0.29) is 6.04 Å². The van der Waals surface area contributed by atoms with E-state index >= 15 is 0 Å². The molecule has 0 amide bonds. The van der Waals surface area contributed by atoms with E-state index in [1.54, 1.807) is 0 Å². The highest BCUT2D eigenvalue weighted by Gasteiger charge is 2.24. The zero-order valence-electron chi connectivity index (χ0n) is 10.9. The van der Waals surface area contributed by atoms with Gasteiger partial charge in [0.1, 0.15) is 0 Å². The van der Waals surface area contributed by atoms with Gasteiger partial charge in [0.25, 0.3) is 0 Å². The molecule has 2 rings (SSSR count). The second-order valence-corrected chi connectivity index (χ2v) is 7.05. The fraction of sp³-hybridized carbons (Fsp3) is 0.600. The number of thioether (sulfide) groups is 1. The lowest BCUT2D eigenvalue weighted by Gasteiger charge is -2.29. The number of hydrogen-bond donors (Lipinski definition) is 1. The minimum Gasteiger partial charge on any atom is -0.327 e. The zero-order valence-corrected chi connectivity index (χ0v) is 12.5. The first-order valence-electron chi connectivity index (χ1n) is 6.84. The van der Waals surface area contributed by atoms with E-state index in [1.165, 1.54) is 37.7 Å². The Morgan fingerprint density at radius 3 is 2.50 bits per heavy atom. The van der Waals surface area contributed by atoms with Gasteiger partial charge in [-0.25, -0.2) is 0 Å². The summed E-state index contributed by atoms with van der Waals surface area (Å²) < 4.78 is 0. The van der Waals surface area contributed by atoms with Crippen LogP contribution in [0.5, 0.6) is 0 Å². The van der Waals surface area contributed by atoms with Crippen molar-refractivity contribution in [2.24, 2.45) is 5.73 Å². The average molecular weight is 284 g/mol. The second kappa shape index (κ2) is 6.83. The molecule has 1 aliphatic rings. The second-order valence-electron chi connectivity index (χ2n) is 5.20. The first-order chi connectivity index (χ1) is 8.68. The first kappa shape index (κ1) is 14.2. The van der Waals surface area contributed by atoms with Crippen molar-refractivity contribution in [2.75, 3.05) is 0 Å². The molecule has 1 saturated carbocycles. The summed E-state index contributed by atoms with van der Waals surface area (Å²) in [6, 6.07) is 8.25. The number of nitrogens with two attached hydrogens (primary N) is 1. The number of hydrogen-bond acceptors (Lipinski definition) is 2. The molecule has 1 nitrogen and oxygen atoms in total. The summed E-state index contributed by atoms with van der Waals surface area (Å²) >= 11 is 8.34. The van der Waals surface area contributed by atoms with Gasteiger partial charge in [0, 0.05) is 21.6 Å². The first-order valence-corrected chi connectivity index (χ1v) is 8.16. The van der Waals surface area contributed by atoms with Crippen molar-refractivity contribution < 1.29 is 0 Å². The molecule has 0 spiro atoms. The van der Waals surface area contributed by atoms with Crippen LogP contribution >= 0.6 is 23.4 Å². The van der Waals surface area contributed by atoms with E-state index < -0.39 is 0 Å². The fourth-order valence-corrected chi connectivity index (χ4v) is 4.53. The third-order valence-corrected chi connectivity index (χ3v) is 5.76. The summed E-state index contributed by atoms with van der Waals surface area (Å²) in [5.74, 6) is 0. The van der Waals surface area contributed by atoms with Gasteiger partial charge in [-0.3, -0.25) is 0 Å². The van der Waals surface area contributed by atoms with Crippen molar-refractivity contribution in [3.8, 4) is 0 Å². The monoisotopic (exact) mass is 283 g/mol. The number of benzene rings is 1. The Bertz CT molecular complexity index is 375. The molecule has 1 aliphatic carbocycles. The summed E-state index contributed by atoms with van der Waals surface area (Å²) in [6.07, 6.45) is 6.79. The molecule has 3 heteroatoms. The largest absolute Gasteiger partial charge is 0.327 e. The Hall–Kier alpha value is -0.180. The molecule has 2 atom stereocenters. The van der Waals surface area contributed by atoms with Crippen molar-refractivity contribution >= 4 is 23.4 Å². The molecule has 0 aromatic heterocycles. The van der Waals surface area contributed by atoms with Gasteiger partial charge in [-0.05, 0) is 31.4 Å². The van der Waals surface area contributed by atoms with Crippen molar-refractivity contribution in [1.82, 2.24) is 0 Å². The molecule has 1 aromatic rings. The van der Waals surface area contributed by atoms with Crippen LogP contribution in [0.25, 0.3) is 0 Å². The van der Waals surface area contributed by atoms with E-state index in [2.05, 4.69) is 19.1 Å². The highest BCUT2D eigenvalue weighted by atomic mass is 35.5. The Morgan fingerprint density at radius 1 is 1.22 bits per heavy atom. The lowest BCUT2D eigenvalue weighted by atomic mass is 10.0. The molecule has 0 bridgehead atoms. The highest BCUT2D eigenvalue weighted by Crippen LogP contribution is 2.42. The van der Waals surface area contributed by atoms with Crippen LogP contribution in [0.2, 0.25) is 5.02 Å². The van der Waals surface area contributed by atoms with E-state index in [4.69, 9.17) is 17.3 Å². The molecular formula is C15H22ClNS. The normalized spacial score (nSPS) is 20.6. The molecule has 0 saturated heterocycles. The van der Waals surface area contributed by atoms with Crippen LogP contribution in [0, 0.1) is 0 Å². The van der Waals surface area contributed by atoms with Crippen molar-refractivity contribution in [1.29, 1.82) is 0 Å². The zero-order chi connectivity index (χ0) is 13.0. The molecule has 0 heterocycles. The predicted molar refractivity (Wildman–Crippen MR) is 82.3 cm³/mol. The summed E-state index contributed by atoms with van der Waals surface area (Å²) in [6.45, 7) is 2.09. The minimum absolute atomic E-state index is 0.136. The van der Waals surface area contributed by atoms with Crippen LogP contribution in [0.15, 0.2) is 24.3 Å². The smallest absolute Gasteiger partial charge is 0.0463 e. The van der Waals surface area contributed by atoms with Gasteiger partial charge in [0.2, 0.25) is 0 Å². The Balaban J connectivity index is 2.10. The summed E-state index contributed by atoms with van der Waals surface area (Å²) in [5, 5.41) is 1.93. The van der Waals surface area contributed by atoms with Gasteiger partial charge >= 0.3 is 0 Å². The number of halogens is 1. The predicted octanol–water partition coefficient (Wildman–Crippen LogP) is 4.79. The fourth-order valence-electron chi connectivity index (χ4n) is 2.59. The van der Waals surface area contributed by atoms with Crippen LogP contribution in [-0.4, -0.2) is 11.3 Å². The van der Waals surface area contributed by atoms with Crippen LogP contribution < -0.4 is 5.73 Å². The molecular weight excluding hydrogens is 262 g/mol. The maximum Gasteiger partial charge on any atom is 0.0463 e. The quantitative estimate of drug-likeness (QED) is 0.859. The molecule has 0 radical (unpaired) electrons. The molecule has 18 heavy (non-hydrogen) atoms. The molecule has 2 N–H and O–H groups in total. The third-order valence-electron chi connectivity index (χ3n) is 3.58. The Kier molecular flexibility index (Phi) is 5.40. The highest BCUT2D eigenvalue weighted by molar-refractivity contribution is 8.00. The Labute approximate surface area is 119 Å². The minimum atomic E-state index is 0.136. The number of rotatable bonds is 4. The van der Waals surface area contributed by atoms with E-state index in [0.717, 1.165) is 10.3 Å². The molecule has 1 fully saturated rings. The van der Waals surface area contributed by atoms with Crippen molar-refractivity contribution in [3.05, 3.63) is 34.9 Å². The van der Waals surface area contributed by atoms with Gasteiger partial charge in [-0.15, -0.1) is 11.8 Å². The van der Waals surface area contributed by atoms with Gasteiger partial charge in [-0.2, -0.15) is 0 Å². The molecule has 1 aromatic carbocycles. The lowest BCUT2D eigenvalue weighted by molar-refractivity contribution is 0.513. The van der Waals surface area contributed by atoms with Gasteiger partial charge in [-0.1, -0.05) is 49.1 Å². The van der Waals surface area contributed by atoms with E-state index in [1.807, 2.05) is 23.9 Å². The maximum atomic E-state index is 6.31. The average Bonchev–Trinajstić information content (AvgIpc) is 2.38. The van der Waals surface area contributed by atoms with Crippen LogP contribution in [-0.2, 0) is 0 Å². The summed E-state index contributed by atoms with van der Waals surface area (Å²) in [7, 11) is 0. The van der Waals surface area contributed by atoms with Crippen LogP contribution in [0.3, 0.4) is 0 Å². The topological polar surface area (TPSA) is 26.0 Å². The van der Waals surface area contributed by atoms with Crippen LogP contribution in [0.4, 0.5) is 0 Å². The van der Waals surface area contributed by atoms with Crippen molar-refractivity contribution in [3.63, 3.8) is 0 Å². The molecule has 0 aliphatic heterocycles. The summed E-state index contributed by atoms with van der Waals surface area (Å²) in [4.78, 5) is 0. The maximum absolute atomic E-state index is 6.31. The van der Waals surface area contributed by atoms with Gasteiger partial charge in [0.15, 0.2) is 0 Å². The van der Waals surface area contributed by atoms with E-state index in [0.29, 0.717) is 5.25 Å². The standard InChI is InChI=1S/C15H22ClNS/c1-11(17)15(13-9-5-6-10-14(13)16)18-12-7-3-2-4-8-12/h5-6,9-12,15H,2-4,7-8,17H2,1H3. The SMILES string of the molecule is CC(N)C(SC1CCCCC1)c1ccccc1Cl. The van der Waals surface area contributed by atoms with E-state index in [9.17, 15) is 0 Å². The van der Waals surface area contributed by atoms with Crippen LogP contribution in [0.1, 0.15) is 49.8 Å². The van der Waals surface area contributed by atoms with Gasteiger partial charge in [0.05, 0.1) is 0 Å².